The van der Waals surface area contributed by atoms with Crippen LogP contribution in [0.15, 0.2) is 12.1 Å². The Morgan fingerprint density at radius 3 is 2.94 bits per heavy atom. The van der Waals surface area contributed by atoms with E-state index in [1.165, 1.54) is 0 Å². The van der Waals surface area contributed by atoms with E-state index in [4.69, 9.17) is 11.6 Å². The van der Waals surface area contributed by atoms with Gasteiger partial charge < -0.3 is 5.32 Å². The quantitative estimate of drug-likeness (QED) is 0.645. The molecule has 1 heterocycles. The summed E-state index contributed by atoms with van der Waals surface area (Å²) in [5.74, 6) is -0.461. The van der Waals surface area contributed by atoms with E-state index in [1.807, 2.05) is 0 Å². The maximum atomic E-state index is 13.2. The Hall–Kier alpha value is -2.29. The van der Waals surface area contributed by atoms with E-state index in [1.54, 1.807) is 0 Å². The minimum absolute atomic E-state index is 0.00769. The topological polar surface area (TPSA) is 110 Å². The van der Waals surface area contributed by atoms with Crippen molar-refractivity contribution in [2.75, 3.05) is 5.32 Å². The molecule has 2 rings (SSSR count). The fourth-order valence-electron chi connectivity index (χ4n) is 1.26. The lowest BCUT2D eigenvalue weighted by atomic mass is 10.2. The molecule has 1 aromatic heterocycles. The van der Waals surface area contributed by atoms with Gasteiger partial charge >= 0.3 is 0 Å². The van der Waals surface area contributed by atoms with E-state index < -0.39 is 10.7 Å². The average molecular weight is 273 g/mol. The second kappa shape index (κ2) is 4.92. The lowest BCUT2D eigenvalue weighted by Gasteiger charge is -2.05. The number of hydrogen-bond acceptors (Lipinski definition) is 6. The van der Waals surface area contributed by atoms with Crippen LogP contribution in [0.4, 0.5) is 15.8 Å². The number of anilines is 1. The van der Waals surface area contributed by atoms with Gasteiger partial charge in [-0.15, -0.1) is 10.2 Å². The molecule has 0 saturated carbocycles. The Labute approximate surface area is 104 Å². The first-order chi connectivity index (χ1) is 8.58. The van der Waals surface area contributed by atoms with Gasteiger partial charge in [-0.1, -0.05) is 16.8 Å². The van der Waals surface area contributed by atoms with E-state index in [0.717, 1.165) is 12.1 Å². The molecule has 94 valence electrons. The second-order valence-electron chi connectivity index (χ2n) is 3.22. The molecule has 0 aliphatic carbocycles. The Morgan fingerprint density at radius 2 is 2.33 bits per heavy atom. The molecule has 0 amide bonds. The van der Waals surface area contributed by atoms with E-state index >= 15 is 0 Å². The molecule has 1 aromatic carbocycles. The Bertz CT molecular complexity index is 575. The molecular formula is C8H6ClFN6O2. The lowest BCUT2D eigenvalue weighted by Crippen LogP contribution is -2.05. The van der Waals surface area contributed by atoms with Crippen LogP contribution >= 0.6 is 11.6 Å². The molecule has 2 aromatic rings. The van der Waals surface area contributed by atoms with Crippen LogP contribution in [0.3, 0.4) is 0 Å². The fraction of sp³-hybridized carbons (Fsp3) is 0.125. The van der Waals surface area contributed by atoms with Crippen molar-refractivity contribution in [3.8, 4) is 0 Å². The molecule has 10 heteroatoms. The smallest absolute Gasteiger partial charge is 0.294 e. The maximum Gasteiger partial charge on any atom is 0.294 e. The number of aromatic amines is 1. The van der Waals surface area contributed by atoms with Crippen molar-refractivity contribution in [1.29, 1.82) is 0 Å². The summed E-state index contributed by atoms with van der Waals surface area (Å²) in [6.07, 6.45) is 0. The van der Waals surface area contributed by atoms with Crippen molar-refractivity contribution >= 4 is 23.0 Å². The van der Waals surface area contributed by atoms with E-state index in [2.05, 4.69) is 25.9 Å². The van der Waals surface area contributed by atoms with Gasteiger partial charge in [-0.3, -0.25) is 10.1 Å². The highest BCUT2D eigenvalue weighted by atomic mass is 35.5. The van der Waals surface area contributed by atoms with E-state index in [9.17, 15) is 14.5 Å². The van der Waals surface area contributed by atoms with Crippen LogP contribution in [-0.2, 0) is 6.54 Å². The van der Waals surface area contributed by atoms with E-state index in [0.29, 0.717) is 5.82 Å². The van der Waals surface area contributed by atoms with Gasteiger partial charge in [0.2, 0.25) is 0 Å². The Morgan fingerprint density at radius 1 is 1.56 bits per heavy atom. The zero-order valence-corrected chi connectivity index (χ0v) is 9.48. The van der Waals surface area contributed by atoms with Crippen molar-refractivity contribution in [3.05, 3.63) is 38.9 Å². The van der Waals surface area contributed by atoms with Crippen molar-refractivity contribution < 1.29 is 9.31 Å². The molecule has 0 unspecified atom stereocenters. The predicted molar refractivity (Wildman–Crippen MR) is 59.6 cm³/mol. The maximum absolute atomic E-state index is 13.2. The normalized spacial score (nSPS) is 10.3. The molecule has 18 heavy (non-hydrogen) atoms. The van der Waals surface area contributed by atoms with Crippen LogP contribution in [0.1, 0.15) is 5.82 Å². The average Bonchev–Trinajstić information content (AvgIpc) is 2.83. The summed E-state index contributed by atoms with van der Waals surface area (Å²) in [4.78, 5) is 10.1. The van der Waals surface area contributed by atoms with Crippen LogP contribution < -0.4 is 5.32 Å². The standard InChI is InChI=1S/C8H6ClFN6O2/c9-4-1-7(16(17)18)6(2-5(4)10)11-3-8-12-14-15-13-8/h1-2,11H,3H2,(H,12,13,14,15). The third kappa shape index (κ3) is 2.51. The number of H-pyrrole nitrogens is 1. The van der Waals surface area contributed by atoms with Crippen LogP contribution in [0.5, 0.6) is 0 Å². The van der Waals surface area contributed by atoms with Crippen LogP contribution in [0.25, 0.3) is 0 Å². The Balaban J connectivity index is 2.25. The van der Waals surface area contributed by atoms with Crippen molar-refractivity contribution in [2.24, 2.45) is 0 Å². The summed E-state index contributed by atoms with van der Waals surface area (Å²) < 4.78 is 13.2. The molecule has 0 spiro atoms. The van der Waals surface area contributed by atoms with Gasteiger partial charge in [-0.2, -0.15) is 5.21 Å². The number of benzene rings is 1. The molecule has 0 saturated heterocycles. The summed E-state index contributed by atoms with van der Waals surface area (Å²) >= 11 is 5.48. The second-order valence-corrected chi connectivity index (χ2v) is 3.63. The SMILES string of the molecule is O=[N+]([O-])c1cc(Cl)c(F)cc1NCc1nn[nH]n1. The summed E-state index contributed by atoms with van der Waals surface area (Å²) in [5, 5.41) is 25.9. The number of rotatable bonds is 4. The van der Waals surface area contributed by atoms with Gasteiger partial charge in [0.05, 0.1) is 16.5 Å². The first kappa shape index (κ1) is 12.2. The van der Waals surface area contributed by atoms with Gasteiger partial charge in [-0.25, -0.2) is 4.39 Å². The number of nitro benzene ring substituents is 1. The number of halogens is 2. The number of nitrogens with zero attached hydrogens (tertiary/aromatic N) is 4. The highest BCUT2D eigenvalue weighted by molar-refractivity contribution is 6.31. The van der Waals surface area contributed by atoms with Gasteiger partial charge in [0.1, 0.15) is 11.5 Å². The zero-order chi connectivity index (χ0) is 13.1. The molecule has 0 radical (unpaired) electrons. The van der Waals surface area contributed by atoms with Crippen molar-refractivity contribution in [1.82, 2.24) is 20.6 Å². The zero-order valence-electron chi connectivity index (χ0n) is 8.72. The van der Waals surface area contributed by atoms with Gasteiger partial charge in [0.15, 0.2) is 5.82 Å². The summed E-state index contributed by atoms with van der Waals surface area (Å²) in [7, 11) is 0. The van der Waals surface area contributed by atoms with Crippen molar-refractivity contribution in [2.45, 2.75) is 6.54 Å². The highest BCUT2D eigenvalue weighted by Gasteiger charge is 2.17. The number of nitro groups is 1. The molecule has 0 fully saturated rings. The van der Waals surface area contributed by atoms with Crippen LogP contribution in [0, 0.1) is 15.9 Å². The van der Waals surface area contributed by atoms with Gasteiger partial charge in [0, 0.05) is 12.1 Å². The molecular weight excluding hydrogens is 267 g/mol. The third-order valence-corrected chi connectivity index (χ3v) is 2.35. The molecule has 0 atom stereocenters. The minimum atomic E-state index is -0.752. The van der Waals surface area contributed by atoms with Crippen LogP contribution in [-0.4, -0.2) is 25.5 Å². The number of aromatic nitrogens is 4. The lowest BCUT2D eigenvalue weighted by molar-refractivity contribution is -0.384. The number of nitrogens with one attached hydrogen (secondary N) is 2. The van der Waals surface area contributed by atoms with Crippen molar-refractivity contribution in [3.63, 3.8) is 0 Å². The monoisotopic (exact) mass is 272 g/mol. The highest BCUT2D eigenvalue weighted by Crippen LogP contribution is 2.30. The largest absolute Gasteiger partial charge is 0.372 e. The first-order valence-corrected chi connectivity index (χ1v) is 5.05. The predicted octanol–water partition coefficient (Wildman–Crippen LogP) is 1.51. The Kier molecular flexibility index (Phi) is 3.33. The number of hydrogen-bond donors (Lipinski definition) is 2. The van der Waals surface area contributed by atoms with E-state index in [-0.39, 0.29) is 22.9 Å². The molecule has 2 N–H and O–H groups in total. The fourth-order valence-corrected chi connectivity index (χ4v) is 1.42. The molecule has 0 bridgehead atoms. The molecule has 0 aliphatic heterocycles. The first-order valence-electron chi connectivity index (χ1n) is 4.67. The van der Waals surface area contributed by atoms with Gasteiger partial charge in [-0.05, 0) is 0 Å². The summed E-state index contributed by atoms with van der Waals surface area (Å²) in [6, 6.07) is 1.88. The summed E-state index contributed by atoms with van der Waals surface area (Å²) in [6.45, 7) is 0.0679. The summed E-state index contributed by atoms with van der Waals surface area (Å²) in [5.41, 5.74) is -0.336. The third-order valence-electron chi connectivity index (χ3n) is 2.06. The molecule has 0 aliphatic rings. The van der Waals surface area contributed by atoms with Gasteiger partial charge in [0.25, 0.3) is 5.69 Å². The molecule has 8 nitrogen and oxygen atoms in total. The minimum Gasteiger partial charge on any atom is -0.372 e. The number of tetrazole rings is 1. The van der Waals surface area contributed by atoms with Crippen LogP contribution in [0.2, 0.25) is 5.02 Å².